The van der Waals surface area contributed by atoms with E-state index in [0.29, 0.717) is 18.1 Å². The monoisotopic (exact) mass is 365 g/mol. The molecule has 1 heterocycles. The maximum atomic E-state index is 12.3. The Labute approximate surface area is 158 Å². The van der Waals surface area contributed by atoms with Gasteiger partial charge in [-0.3, -0.25) is 4.79 Å². The lowest BCUT2D eigenvalue weighted by molar-refractivity contribution is 0.0995. The third-order valence-electron chi connectivity index (χ3n) is 4.36. The molecule has 0 saturated carbocycles. The summed E-state index contributed by atoms with van der Waals surface area (Å²) in [6.45, 7) is 4.93. The molecule has 0 atom stereocenters. The number of azo groups is 1. The van der Waals surface area contributed by atoms with E-state index in [1.54, 1.807) is 35.9 Å². The molecule has 0 unspecified atom stereocenters. The summed E-state index contributed by atoms with van der Waals surface area (Å²) >= 11 is 0. The van der Waals surface area contributed by atoms with Crippen molar-refractivity contribution in [3.8, 4) is 11.6 Å². The predicted octanol–water partition coefficient (Wildman–Crippen LogP) is 5.23. The van der Waals surface area contributed by atoms with Crippen LogP contribution in [0.1, 0.15) is 30.6 Å². The minimum atomic E-state index is -0.476. The zero-order valence-electron chi connectivity index (χ0n) is 15.7. The summed E-state index contributed by atoms with van der Waals surface area (Å²) in [6.07, 6.45) is 0.976. The molecule has 1 amide bonds. The maximum absolute atomic E-state index is 12.3. The number of ether oxygens (including phenoxy) is 1. The summed E-state index contributed by atoms with van der Waals surface area (Å²) in [5.41, 5.74) is 1.52. The number of amides is 1. The van der Waals surface area contributed by atoms with E-state index >= 15 is 0 Å². The number of aromatic nitrogens is 1. The summed E-state index contributed by atoms with van der Waals surface area (Å²) in [7, 11) is 1.73. The molecule has 3 aromatic rings. The summed E-state index contributed by atoms with van der Waals surface area (Å²) in [6, 6.07) is 14.2. The van der Waals surface area contributed by atoms with Crippen molar-refractivity contribution in [3.05, 3.63) is 54.1 Å². The predicted molar refractivity (Wildman–Crippen MR) is 105 cm³/mol. The lowest BCUT2D eigenvalue weighted by Gasteiger charge is -2.07. The summed E-state index contributed by atoms with van der Waals surface area (Å²) in [4.78, 5) is 12.3. The van der Waals surface area contributed by atoms with Crippen molar-refractivity contribution in [1.82, 2.24) is 4.57 Å². The van der Waals surface area contributed by atoms with Gasteiger partial charge in [0.1, 0.15) is 5.75 Å². The number of aryl methyl sites for hydroxylation is 1. The van der Waals surface area contributed by atoms with E-state index in [9.17, 15) is 9.90 Å². The van der Waals surface area contributed by atoms with E-state index in [4.69, 9.17) is 4.74 Å². The quantitative estimate of drug-likeness (QED) is 0.607. The van der Waals surface area contributed by atoms with Crippen molar-refractivity contribution < 1.29 is 14.6 Å². The third kappa shape index (κ3) is 4.16. The average Bonchev–Trinajstić information content (AvgIpc) is 2.91. The van der Waals surface area contributed by atoms with Gasteiger partial charge in [-0.2, -0.15) is 0 Å². The Balaban J connectivity index is 1.73. The second kappa shape index (κ2) is 8.03. The highest BCUT2D eigenvalue weighted by Crippen LogP contribution is 2.37. The van der Waals surface area contributed by atoms with Crippen LogP contribution in [0.2, 0.25) is 0 Å². The lowest BCUT2D eigenvalue weighted by atomic mass is 10.1. The minimum Gasteiger partial charge on any atom is -0.494 e. The number of nitrogens with zero attached hydrogens (tertiary/aromatic N) is 3. The van der Waals surface area contributed by atoms with Gasteiger partial charge in [0.15, 0.2) is 5.69 Å². The number of benzene rings is 2. The van der Waals surface area contributed by atoms with E-state index in [2.05, 4.69) is 24.1 Å². The molecule has 0 saturated heterocycles. The Kier molecular flexibility index (Phi) is 5.54. The van der Waals surface area contributed by atoms with E-state index in [0.717, 1.165) is 23.1 Å². The standard InChI is InChI=1S/C21H23N3O3/c1-14(2)12-13-27-16-10-8-15(9-11-16)20(25)23-22-19-17-6-4-5-7-18(17)24(3)21(19)26/h4-11,14,26H,12-13H2,1-3H3. The maximum Gasteiger partial charge on any atom is 0.295 e. The van der Waals surface area contributed by atoms with Crippen LogP contribution in [0.5, 0.6) is 11.6 Å². The van der Waals surface area contributed by atoms with Crippen LogP contribution in [-0.2, 0) is 7.05 Å². The van der Waals surface area contributed by atoms with Crippen LogP contribution in [0, 0.1) is 5.92 Å². The van der Waals surface area contributed by atoms with Gasteiger partial charge in [0.05, 0.1) is 12.1 Å². The smallest absolute Gasteiger partial charge is 0.295 e. The molecular weight excluding hydrogens is 342 g/mol. The molecule has 27 heavy (non-hydrogen) atoms. The van der Waals surface area contributed by atoms with Crippen LogP contribution in [0.3, 0.4) is 0 Å². The van der Waals surface area contributed by atoms with Crippen LogP contribution in [-0.4, -0.2) is 22.2 Å². The summed E-state index contributed by atoms with van der Waals surface area (Å²) < 4.78 is 7.25. The molecule has 3 rings (SSSR count). The number of para-hydroxylation sites is 1. The molecule has 1 N–H and O–H groups in total. The van der Waals surface area contributed by atoms with Gasteiger partial charge in [0.2, 0.25) is 5.88 Å². The van der Waals surface area contributed by atoms with Crippen LogP contribution in [0.4, 0.5) is 5.69 Å². The largest absolute Gasteiger partial charge is 0.494 e. The molecule has 0 bridgehead atoms. The molecule has 0 spiro atoms. The molecule has 0 fully saturated rings. The first-order valence-electron chi connectivity index (χ1n) is 8.92. The number of fused-ring (bicyclic) bond motifs is 1. The molecule has 0 aliphatic carbocycles. The topological polar surface area (TPSA) is 76.2 Å². The molecule has 140 valence electrons. The molecule has 2 aromatic carbocycles. The highest BCUT2D eigenvalue weighted by atomic mass is 16.5. The van der Waals surface area contributed by atoms with Crippen molar-refractivity contribution >= 4 is 22.5 Å². The Bertz CT molecular complexity index is 972. The number of carbonyl (C=O) groups excluding carboxylic acids is 1. The first-order valence-corrected chi connectivity index (χ1v) is 8.92. The minimum absolute atomic E-state index is 0.0262. The van der Waals surface area contributed by atoms with Crippen molar-refractivity contribution in [3.63, 3.8) is 0 Å². The molecule has 6 heteroatoms. The second-order valence-corrected chi connectivity index (χ2v) is 6.81. The number of carbonyl (C=O) groups is 1. The fourth-order valence-corrected chi connectivity index (χ4v) is 2.72. The second-order valence-electron chi connectivity index (χ2n) is 6.81. The number of hydrogen-bond acceptors (Lipinski definition) is 4. The lowest BCUT2D eigenvalue weighted by Crippen LogP contribution is -2.01. The third-order valence-corrected chi connectivity index (χ3v) is 4.36. The van der Waals surface area contributed by atoms with Gasteiger partial charge in [-0.25, -0.2) is 0 Å². The molecule has 0 aliphatic heterocycles. The highest BCUT2D eigenvalue weighted by Gasteiger charge is 2.14. The van der Waals surface area contributed by atoms with Gasteiger partial charge in [-0.1, -0.05) is 32.0 Å². The van der Waals surface area contributed by atoms with Gasteiger partial charge >= 0.3 is 0 Å². The van der Waals surface area contributed by atoms with E-state index in [1.807, 2.05) is 24.3 Å². The number of aromatic hydroxyl groups is 1. The van der Waals surface area contributed by atoms with Crippen molar-refractivity contribution in [2.45, 2.75) is 20.3 Å². The molecule has 1 aromatic heterocycles. The van der Waals surface area contributed by atoms with Crippen LogP contribution in [0.15, 0.2) is 58.8 Å². The summed E-state index contributed by atoms with van der Waals surface area (Å²) in [5.74, 6) is 0.797. The highest BCUT2D eigenvalue weighted by molar-refractivity contribution is 5.97. The zero-order chi connectivity index (χ0) is 19.4. The Morgan fingerprint density at radius 1 is 1.15 bits per heavy atom. The van der Waals surface area contributed by atoms with Crippen LogP contribution >= 0.6 is 0 Å². The Morgan fingerprint density at radius 3 is 2.56 bits per heavy atom. The molecule has 0 radical (unpaired) electrons. The first-order chi connectivity index (χ1) is 13.0. The fourth-order valence-electron chi connectivity index (χ4n) is 2.72. The zero-order valence-corrected chi connectivity index (χ0v) is 15.7. The van der Waals surface area contributed by atoms with Crippen molar-refractivity contribution in [2.75, 3.05) is 6.61 Å². The first kappa shape index (κ1) is 18.6. The van der Waals surface area contributed by atoms with Gasteiger partial charge in [0.25, 0.3) is 5.91 Å². The fraction of sp³-hybridized carbons (Fsp3) is 0.286. The SMILES string of the molecule is CC(C)CCOc1ccc(C(=O)N=Nc2c(O)n(C)c3ccccc23)cc1. The van der Waals surface area contributed by atoms with E-state index in [1.165, 1.54) is 0 Å². The molecule has 0 aliphatic rings. The molecular formula is C21H23N3O3. The van der Waals surface area contributed by atoms with E-state index in [-0.39, 0.29) is 11.6 Å². The van der Waals surface area contributed by atoms with Crippen molar-refractivity contribution in [1.29, 1.82) is 0 Å². The average molecular weight is 365 g/mol. The molecule has 6 nitrogen and oxygen atoms in total. The van der Waals surface area contributed by atoms with Gasteiger partial charge in [-0.15, -0.1) is 10.2 Å². The van der Waals surface area contributed by atoms with Crippen LogP contribution in [0.25, 0.3) is 10.9 Å². The number of hydrogen-bond donors (Lipinski definition) is 1. The van der Waals surface area contributed by atoms with Gasteiger partial charge in [-0.05, 0) is 42.7 Å². The van der Waals surface area contributed by atoms with Gasteiger partial charge < -0.3 is 14.4 Å². The van der Waals surface area contributed by atoms with Crippen LogP contribution < -0.4 is 4.74 Å². The number of rotatable bonds is 6. The Hall–Kier alpha value is -3.15. The van der Waals surface area contributed by atoms with E-state index < -0.39 is 5.91 Å². The van der Waals surface area contributed by atoms with Crippen molar-refractivity contribution in [2.24, 2.45) is 23.2 Å². The summed E-state index contributed by atoms with van der Waals surface area (Å²) in [5, 5.41) is 18.8. The van der Waals surface area contributed by atoms with Gasteiger partial charge in [0, 0.05) is 18.0 Å². The Morgan fingerprint density at radius 2 is 1.85 bits per heavy atom. The normalized spacial score (nSPS) is 11.6.